The van der Waals surface area contributed by atoms with Crippen LogP contribution in [0.15, 0.2) is 0 Å². The van der Waals surface area contributed by atoms with Crippen LogP contribution in [0.25, 0.3) is 0 Å². The van der Waals surface area contributed by atoms with Gasteiger partial charge in [-0.05, 0) is 6.92 Å². The van der Waals surface area contributed by atoms with Gasteiger partial charge in [-0.1, -0.05) is 20.8 Å². The lowest BCUT2D eigenvalue weighted by Crippen LogP contribution is -2.60. The van der Waals surface area contributed by atoms with E-state index in [0.29, 0.717) is 0 Å². The van der Waals surface area contributed by atoms with Crippen LogP contribution >= 0.6 is 11.8 Å². The fourth-order valence-corrected chi connectivity index (χ4v) is 3.69. The minimum absolute atomic E-state index is 0.183. The molecule has 0 aromatic rings. The smallest absolute Gasteiger partial charge is 0.303 e. The molecule has 0 saturated carbocycles. The van der Waals surface area contributed by atoms with Crippen molar-refractivity contribution in [2.75, 3.05) is 0 Å². The highest BCUT2D eigenvalue weighted by Gasteiger charge is 2.51. The van der Waals surface area contributed by atoms with Gasteiger partial charge in [0.05, 0.1) is 6.10 Å². The Morgan fingerprint density at radius 3 is 1.67 bits per heavy atom. The summed E-state index contributed by atoms with van der Waals surface area (Å²) in [5.74, 6) is -1.62. The van der Waals surface area contributed by atoms with Gasteiger partial charge in [-0.2, -0.15) is 0 Å². The number of rotatable bonds is 4. The Morgan fingerprint density at radius 2 is 1.25 bits per heavy atom. The average Bonchev–Trinajstić information content (AvgIpc) is 2.35. The van der Waals surface area contributed by atoms with Crippen LogP contribution in [-0.2, 0) is 33.3 Å². The second kappa shape index (κ2) is 8.20. The first-order chi connectivity index (χ1) is 10.9. The van der Waals surface area contributed by atoms with Crippen LogP contribution in [0.2, 0.25) is 0 Å². The minimum atomic E-state index is -0.932. The number of carbonyl (C=O) groups is 3. The molecule has 0 spiro atoms. The SMILES string of the molecule is CC(=O)O[C@@H]1[C@@H](OC(C)=O)[C@H](C)O[C@H](SC(C)(C)C)[C@@H]1OC(C)=O. The van der Waals surface area contributed by atoms with Crippen LogP contribution in [0.5, 0.6) is 0 Å². The lowest BCUT2D eigenvalue weighted by atomic mass is 10.00. The van der Waals surface area contributed by atoms with Crippen LogP contribution in [-0.4, -0.2) is 52.5 Å². The maximum Gasteiger partial charge on any atom is 0.303 e. The molecular formula is C16H26O7S. The fraction of sp³-hybridized carbons (Fsp3) is 0.812. The Labute approximate surface area is 146 Å². The van der Waals surface area contributed by atoms with Gasteiger partial charge in [0.2, 0.25) is 0 Å². The van der Waals surface area contributed by atoms with Gasteiger partial charge in [-0.3, -0.25) is 14.4 Å². The lowest BCUT2D eigenvalue weighted by molar-refractivity contribution is -0.229. The van der Waals surface area contributed by atoms with Crippen molar-refractivity contribution < 1.29 is 33.3 Å². The molecular weight excluding hydrogens is 336 g/mol. The third-order valence-electron chi connectivity index (χ3n) is 3.10. The fourth-order valence-electron chi connectivity index (χ4n) is 2.41. The van der Waals surface area contributed by atoms with Gasteiger partial charge < -0.3 is 18.9 Å². The molecule has 1 aliphatic rings. The number of ether oxygens (including phenoxy) is 4. The third-order valence-corrected chi connectivity index (χ3v) is 4.42. The van der Waals surface area contributed by atoms with Crippen molar-refractivity contribution in [3.8, 4) is 0 Å². The largest absolute Gasteiger partial charge is 0.456 e. The van der Waals surface area contributed by atoms with Gasteiger partial charge in [-0.25, -0.2) is 0 Å². The molecule has 0 unspecified atom stereocenters. The predicted molar refractivity (Wildman–Crippen MR) is 88.3 cm³/mol. The van der Waals surface area contributed by atoms with Crippen molar-refractivity contribution in [1.82, 2.24) is 0 Å². The van der Waals surface area contributed by atoms with Gasteiger partial charge in [0.15, 0.2) is 18.3 Å². The highest BCUT2D eigenvalue weighted by Crippen LogP contribution is 2.39. The topological polar surface area (TPSA) is 88.1 Å². The van der Waals surface area contributed by atoms with E-state index in [1.807, 2.05) is 20.8 Å². The average molecular weight is 362 g/mol. The normalized spacial score (nSPS) is 30.4. The molecule has 138 valence electrons. The highest BCUT2D eigenvalue weighted by molar-refractivity contribution is 8.01. The van der Waals surface area contributed by atoms with E-state index in [1.165, 1.54) is 32.5 Å². The van der Waals surface area contributed by atoms with Gasteiger partial charge in [-0.15, -0.1) is 11.8 Å². The molecule has 5 atom stereocenters. The summed E-state index contributed by atoms with van der Waals surface area (Å²) in [5.41, 5.74) is -0.556. The standard InChI is InChI=1S/C16H26O7S/c1-8-12(21-9(2)17)13(22-10(3)18)14(23-11(4)19)15(20-8)24-16(5,6)7/h8,12-15H,1-7H3/t8-,12-,13+,14+,15+/m0/s1. The molecule has 0 aliphatic carbocycles. The molecule has 1 aliphatic heterocycles. The first kappa shape index (κ1) is 20.8. The summed E-state index contributed by atoms with van der Waals surface area (Å²) in [5, 5.41) is 0. The molecule has 0 aromatic heterocycles. The molecule has 0 radical (unpaired) electrons. The maximum atomic E-state index is 11.5. The number of thioether (sulfide) groups is 1. The second-order valence-electron chi connectivity index (χ2n) is 6.66. The van der Waals surface area contributed by atoms with Gasteiger partial charge >= 0.3 is 17.9 Å². The monoisotopic (exact) mass is 362 g/mol. The van der Waals surface area contributed by atoms with Crippen LogP contribution < -0.4 is 0 Å². The van der Waals surface area contributed by atoms with Crippen LogP contribution in [0.1, 0.15) is 48.5 Å². The van der Waals surface area contributed by atoms with Gasteiger partial charge in [0, 0.05) is 25.5 Å². The summed E-state index contributed by atoms with van der Waals surface area (Å²) in [6, 6.07) is 0. The van der Waals surface area contributed by atoms with E-state index in [2.05, 4.69) is 0 Å². The van der Waals surface area contributed by atoms with E-state index in [9.17, 15) is 14.4 Å². The molecule has 24 heavy (non-hydrogen) atoms. The second-order valence-corrected chi connectivity index (χ2v) is 8.59. The Balaban J connectivity index is 3.18. The van der Waals surface area contributed by atoms with E-state index in [1.54, 1.807) is 6.92 Å². The number of hydrogen-bond acceptors (Lipinski definition) is 8. The Kier molecular flexibility index (Phi) is 7.10. The van der Waals surface area contributed by atoms with Crippen LogP contribution in [0, 0.1) is 0 Å². The maximum absolute atomic E-state index is 11.5. The first-order valence-corrected chi connectivity index (χ1v) is 8.63. The molecule has 0 bridgehead atoms. The highest BCUT2D eigenvalue weighted by atomic mass is 32.2. The number of hydrogen-bond donors (Lipinski definition) is 0. The van der Waals surface area contributed by atoms with Crippen molar-refractivity contribution >= 4 is 29.7 Å². The Bertz CT molecular complexity index is 485. The predicted octanol–water partition coefficient (Wildman–Crippen LogP) is 2.06. The summed E-state index contributed by atoms with van der Waals surface area (Å²) in [6.07, 6.45) is -3.19. The van der Waals surface area contributed by atoms with E-state index in [4.69, 9.17) is 18.9 Å². The van der Waals surface area contributed by atoms with E-state index >= 15 is 0 Å². The van der Waals surface area contributed by atoms with Crippen LogP contribution in [0.3, 0.4) is 0 Å². The van der Waals surface area contributed by atoms with Crippen molar-refractivity contribution in [2.24, 2.45) is 0 Å². The first-order valence-electron chi connectivity index (χ1n) is 7.75. The number of carbonyl (C=O) groups excluding carboxylic acids is 3. The zero-order chi connectivity index (χ0) is 18.7. The molecule has 0 amide bonds. The summed E-state index contributed by atoms with van der Waals surface area (Å²) < 4.78 is 21.7. The lowest BCUT2D eigenvalue weighted by Gasteiger charge is -2.44. The van der Waals surface area contributed by atoms with Crippen molar-refractivity contribution in [3.05, 3.63) is 0 Å². The summed E-state index contributed by atoms with van der Waals surface area (Å²) >= 11 is 1.45. The number of esters is 3. The van der Waals surface area contributed by atoms with E-state index < -0.39 is 47.8 Å². The van der Waals surface area contributed by atoms with Gasteiger partial charge in [0.25, 0.3) is 0 Å². The molecule has 1 saturated heterocycles. The molecule has 7 nitrogen and oxygen atoms in total. The van der Waals surface area contributed by atoms with Gasteiger partial charge in [0.1, 0.15) is 5.44 Å². The zero-order valence-corrected chi connectivity index (χ0v) is 16.0. The molecule has 1 heterocycles. The molecule has 1 rings (SSSR count). The summed E-state index contributed by atoms with van der Waals surface area (Å²) in [4.78, 5) is 34.4. The summed E-state index contributed by atoms with van der Waals surface area (Å²) in [7, 11) is 0. The molecule has 1 fully saturated rings. The molecule has 8 heteroatoms. The van der Waals surface area contributed by atoms with Crippen molar-refractivity contribution in [2.45, 2.75) is 83.1 Å². The van der Waals surface area contributed by atoms with E-state index in [-0.39, 0.29) is 4.75 Å². The Hall–Kier alpha value is -1.28. The minimum Gasteiger partial charge on any atom is -0.456 e. The van der Waals surface area contributed by atoms with Crippen molar-refractivity contribution in [1.29, 1.82) is 0 Å². The van der Waals surface area contributed by atoms with E-state index in [0.717, 1.165) is 0 Å². The molecule has 0 aromatic carbocycles. The molecule has 0 N–H and O–H groups in total. The van der Waals surface area contributed by atoms with Crippen LogP contribution in [0.4, 0.5) is 0 Å². The van der Waals surface area contributed by atoms with Crippen molar-refractivity contribution in [3.63, 3.8) is 0 Å². The third kappa shape index (κ3) is 6.32. The zero-order valence-electron chi connectivity index (χ0n) is 15.2. The quantitative estimate of drug-likeness (QED) is 0.555. The Morgan fingerprint density at radius 1 is 0.833 bits per heavy atom. The summed E-state index contributed by atoms with van der Waals surface area (Å²) in [6.45, 7) is 11.5.